The molecule has 0 atom stereocenters. The summed E-state index contributed by atoms with van der Waals surface area (Å²) < 4.78 is 13.9. The number of hydrogen-bond donors (Lipinski definition) is 1. The first-order chi connectivity index (χ1) is 9.08. The van der Waals surface area contributed by atoms with Gasteiger partial charge in [-0.15, -0.1) is 0 Å². The third-order valence-electron chi connectivity index (χ3n) is 2.46. The molecule has 1 amide bonds. The van der Waals surface area contributed by atoms with Crippen LogP contribution in [0.15, 0.2) is 41.0 Å². The van der Waals surface area contributed by atoms with Crippen molar-refractivity contribution >= 4 is 33.4 Å². The number of benzene rings is 1. The standard InChI is InChI=1S/C13H9BrClFN2O/c14-10-5-9(7-17-12(10)15)13(19)18-6-8-3-1-2-4-11(8)16/h1-5,7H,6H2,(H,18,19). The maximum absolute atomic E-state index is 13.4. The first-order valence-electron chi connectivity index (χ1n) is 5.40. The zero-order valence-corrected chi connectivity index (χ0v) is 12.0. The predicted octanol–water partition coefficient (Wildman–Crippen LogP) is 3.57. The molecule has 0 saturated heterocycles. The van der Waals surface area contributed by atoms with E-state index in [2.05, 4.69) is 26.2 Å². The van der Waals surface area contributed by atoms with Crippen molar-refractivity contribution in [3.63, 3.8) is 0 Å². The van der Waals surface area contributed by atoms with Crippen LogP contribution >= 0.6 is 27.5 Å². The van der Waals surface area contributed by atoms with E-state index >= 15 is 0 Å². The minimum atomic E-state index is -0.349. The maximum atomic E-state index is 13.4. The molecular formula is C13H9BrClFN2O. The Morgan fingerprint density at radius 3 is 2.84 bits per heavy atom. The number of rotatable bonds is 3. The Kier molecular flexibility index (Phi) is 4.50. The van der Waals surface area contributed by atoms with Gasteiger partial charge in [-0.1, -0.05) is 29.8 Å². The summed E-state index contributed by atoms with van der Waals surface area (Å²) >= 11 is 8.93. The van der Waals surface area contributed by atoms with Crippen molar-refractivity contribution < 1.29 is 9.18 Å². The lowest BCUT2D eigenvalue weighted by atomic mass is 10.2. The molecule has 3 nitrogen and oxygen atoms in total. The number of amides is 1. The summed E-state index contributed by atoms with van der Waals surface area (Å²) in [7, 11) is 0. The number of pyridine rings is 1. The minimum Gasteiger partial charge on any atom is -0.348 e. The van der Waals surface area contributed by atoms with Gasteiger partial charge in [-0.25, -0.2) is 9.37 Å². The van der Waals surface area contributed by atoms with E-state index in [0.29, 0.717) is 15.6 Å². The number of hydrogen-bond acceptors (Lipinski definition) is 2. The lowest BCUT2D eigenvalue weighted by Crippen LogP contribution is -2.23. The molecule has 0 bridgehead atoms. The van der Waals surface area contributed by atoms with E-state index in [1.54, 1.807) is 24.3 Å². The molecule has 0 spiro atoms. The first kappa shape index (κ1) is 14.0. The Labute approximate surface area is 122 Å². The number of halogens is 3. The van der Waals surface area contributed by atoms with Crippen LogP contribution in [0, 0.1) is 5.82 Å². The summed E-state index contributed by atoms with van der Waals surface area (Å²) in [6.07, 6.45) is 1.36. The van der Waals surface area contributed by atoms with Crippen LogP contribution in [0.1, 0.15) is 15.9 Å². The first-order valence-corrected chi connectivity index (χ1v) is 6.57. The molecule has 1 aromatic carbocycles. The Bertz CT molecular complexity index is 621. The van der Waals surface area contributed by atoms with Crippen molar-refractivity contribution in [3.8, 4) is 0 Å². The molecule has 0 aliphatic heterocycles. The van der Waals surface area contributed by atoms with Crippen LogP contribution in [-0.2, 0) is 6.54 Å². The van der Waals surface area contributed by atoms with Gasteiger partial charge in [0.15, 0.2) is 0 Å². The van der Waals surface area contributed by atoms with Crippen molar-refractivity contribution in [3.05, 3.63) is 63.1 Å². The second kappa shape index (κ2) is 6.12. The van der Waals surface area contributed by atoms with Crippen molar-refractivity contribution in [2.75, 3.05) is 0 Å². The molecule has 98 valence electrons. The van der Waals surface area contributed by atoms with E-state index in [-0.39, 0.29) is 23.4 Å². The van der Waals surface area contributed by atoms with Gasteiger partial charge in [-0.2, -0.15) is 0 Å². The van der Waals surface area contributed by atoms with Gasteiger partial charge in [-0.05, 0) is 28.1 Å². The zero-order valence-electron chi connectivity index (χ0n) is 9.66. The second-order valence-electron chi connectivity index (χ2n) is 3.77. The number of nitrogens with zero attached hydrogens (tertiary/aromatic N) is 1. The number of nitrogens with one attached hydrogen (secondary N) is 1. The van der Waals surface area contributed by atoms with Gasteiger partial charge in [0.05, 0.1) is 10.0 Å². The highest BCUT2D eigenvalue weighted by molar-refractivity contribution is 9.10. The topological polar surface area (TPSA) is 42.0 Å². The van der Waals surface area contributed by atoms with Crippen LogP contribution in [0.25, 0.3) is 0 Å². The Hall–Kier alpha value is -1.46. The van der Waals surface area contributed by atoms with E-state index in [1.165, 1.54) is 12.3 Å². The smallest absolute Gasteiger partial charge is 0.253 e. The quantitative estimate of drug-likeness (QED) is 0.866. The number of carbonyl (C=O) groups is 1. The molecule has 2 rings (SSSR count). The molecule has 0 aliphatic carbocycles. The monoisotopic (exact) mass is 342 g/mol. The highest BCUT2D eigenvalue weighted by Gasteiger charge is 2.09. The van der Waals surface area contributed by atoms with E-state index < -0.39 is 0 Å². The van der Waals surface area contributed by atoms with Gasteiger partial charge >= 0.3 is 0 Å². The highest BCUT2D eigenvalue weighted by atomic mass is 79.9. The average Bonchev–Trinajstić information content (AvgIpc) is 2.40. The fourth-order valence-electron chi connectivity index (χ4n) is 1.46. The van der Waals surface area contributed by atoms with Crippen molar-refractivity contribution in [1.29, 1.82) is 0 Å². The molecule has 6 heteroatoms. The van der Waals surface area contributed by atoms with Gasteiger partial charge in [-0.3, -0.25) is 4.79 Å². The summed E-state index contributed by atoms with van der Waals surface area (Å²) in [4.78, 5) is 15.7. The van der Waals surface area contributed by atoms with Gasteiger partial charge in [0, 0.05) is 18.3 Å². The zero-order chi connectivity index (χ0) is 13.8. The fourth-order valence-corrected chi connectivity index (χ4v) is 1.92. The van der Waals surface area contributed by atoms with Gasteiger partial charge in [0.25, 0.3) is 5.91 Å². The minimum absolute atomic E-state index is 0.117. The fraction of sp³-hybridized carbons (Fsp3) is 0.0769. The Morgan fingerprint density at radius 1 is 1.42 bits per heavy atom. The van der Waals surface area contributed by atoms with Crippen LogP contribution in [0.5, 0.6) is 0 Å². The van der Waals surface area contributed by atoms with Crippen LogP contribution in [0.4, 0.5) is 4.39 Å². The van der Waals surface area contributed by atoms with Gasteiger partial charge < -0.3 is 5.32 Å². The summed E-state index contributed by atoms with van der Waals surface area (Å²) in [5.41, 5.74) is 0.782. The SMILES string of the molecule is O=C(NCc1ccccc1F)c1cnc(Cl)c(Br)c1. The largest absolute Gasteiger partial charge is 0.348 e. The van der Waals surface area contributed by atoms with Gasteiger partial charge in [0.2, 0.25) is 0 Å². The van der Waals surface area contributed by atoms with E-state index in [0.717, 1.165) is 0 Å². The van der Waals surface area contributed by atoms with Crippen LogP contribution < -0.4 is 5.32 Å². The number of aromatic nitrogens is 1. The normalized spacial score (nSPS) is 10.3. The van der Waals surface area contributed by atoms with Gasteiger partial charge in [0.1, 0.15) is 11.0 Å². The van der Waals surface area contributed by atoms with Crippen molar-refractivity contribution in [2.45, 2.75) is 6.54 Å². The molecule has 0 fully saturated rings. The molecular weight excluding hydrogens is 335 g/mol. The summed E-state index contributed by atoms with van der Waals surface area (Å²) in [5, 5.41) is 2.90. The Balaban J connectivity index is 2.05. The van der Waals surface area contributed by atoms with E-state index in [1.807, 2.05) is 0 Å². The maximum Gasteiger partial charge on any atom is 0.253 e. The third kappa shape index (κ3) is 3.52. The lowest BCUT2D eigenvalue weighted by Gasteiger charge is -2.06. The predicted molar refractivity (Wildman–Crippen MR) is 74.5 cm³/mol. The molecule has 19 heavy (non-hydrogen) atoms. The van der Waals surface area contributed by atoms with Crippen molar-refractivity contribution in [1.82, 2.24) is 10.3 Å². The van der Waals surface area contributed by atoms with Crippen LogP contribution in [0.2, 0.25) is 5.15 Å². The lowest BCUT2D eigenvalue weighted by molar-refractivity contribution is 0.0950. The summed E-state index contributed by atoms with van der Waals surface area (Å²) in [6, 6.07) is 7.84. The third-order valence-corrected chi connectivity index (χ3v) is 3.59. The number of carbonyl (C=O) groups excluding carboxylic acids is 1. The van der Waals surface area contributed by atoms with Crippen LogP contribution in [0.3, 0.4) is 0 Å². The average molecular weight is 344 g/mol. The molecule has 1 N–H and O–H groups in total. The van der Waals surface area contributed by atoms with Crippen molar-refractivity contribution in [2.24, 2.45) is 0 Å². The second-order valence-corrected chi connectivity index (χ2v) is 4.98. The summed E-state index contributed by atoms with van der Waals surface area (Å²) in [6.45, 7) is 0.117. The molecule has 2 aromatic rings. The molecule has 0 aliphatic rings. The molecule has 0 unspecified atom stereocenters. The molecule has 0 radical (unpaired) electrons. The molecule has 1 aromatic heterocycles. The van der Waals surface area contributed by atoms with E-state index in [4.69, 9.17) is 11.6 Å². The van der Waals surface area contributed by atoms with E-state index in [9.17, 15) is 9.18 Å². The van der Waals surface area contributed by atoms with Crippen LogP contribution in [-0.4, -0.2) is 10.9 Å². The molecule has 0 saturated carbocycles. The Morgan fingerprint density at radius 2 is 2.16 bits per heavy atom. The molecule has 1 heterocycles. The highest BCUT2D eigenvalue weighted by Crippen LogP contribution is 2.20. The summed E-state index contributed by atoms with van der Waals surface area (Å²) in [5.74, 6) is -0.689.